The topological polar surface area (TPSA) is 0 Å². The zero-order valence-electron chi connectivity index (χ0n) is 18.6. The Morgan fingerprint density at radius 3 is 0.708 bits per heavy atom. The van der Waals surface area contributed by atoms with Crippen molar-refractivity contribution >= 4 is 86.4 Å². The van der Waals surface area contributed by atoms with Crippen LogP contribution < -0.4 is 0 Å². The normalized spacial score (nSPS) is 23.5. The first kappa shape index (κ1) is 24.9. The van der Waals surface area contributed by atoms with Crippen LogP contribution in [-0.4, -0.2) is 86.4 Å². The molecule has 0 saturated carbocycles. The summed E-state index contributed by atoms with van der Waals surface area (Å²) >= 11 is 0.600. The van der Waals surface area contributed by atoms with Crippen molar-refractivity contribution in [3.05, 3.63) is 0 Å². The molecule has 0 aromatic heterocycles. The maximum atomic E-state index is 2.79. The van der Waals surface area contributed by atoms with E-state index in [-0.39, 0.29) is 0 Å². The summed E-state index contributed by atoms with van der Waals surface area (Å²) in [5.41, 5.74) is 0. The van der Waals surface area contributed by atoms with E-state index in [1.54, 1.807) is 0 Å². The standard InChI is InChI=1S/C16H44Si6Te2/c1-17(2,3)21(18(4,5)6)13-23-15-22(16-24-14-21,19(7,8)9)20(10,11)12/h13-16H2,1-12H3. The van der Waals surface area contributed by atoms with E-state index in [2.05, 4.69) is 78.6 Å². The van der Waals surface area contributed by atoms with Crippen molar-refractivity contribution in [2.24, 2.45) is 0 Å². The van der Waals surface area contributed by atoms with E-state index in [0.717, 1.165) is 0 Å². The predicted octanol–water partition coefficient (Wildman–Crippen LogP) is 5.80. The molecule has 0 aromatic carbocycles. The van der Waals surface area contributed by atoms with E-state index < -0.39 is 44.6 Å². The Morgan fingerprint density at radius 1 is 0.417 bits per heavy atom. The van der Waals surface area contributed by atoms with E-state index in [1.165, 1.54) is 0 Å². The summed E-state index contributed by atoms with van der Waals surface area (Å²) < 4.78 is 7.55. The molecule has 0 aliphatic carbocycles. The van der Waals surface area contributed by atoms with Crippen LogP contribution in [0.2, 0.25) is 94.9 Å². The Bertz CT molecular complexity index is 357. The Hall–Kier alpha value is 2.88. The van der Waals surface area contributed by atoms with E-state index in [1.807, 2.05) is 16.4 Å². The van der Waals surface area contributed by atoms with Crippen LogP contribution in [0.1, 0.15) is 0 Å². The molecule has 0 aromatic rings. The summed E-state index contributed by atoms with van der Waals surface area (Å²) in [6.45, 7) is 33.5. The summed E-state index contributed by atoms with van der Waals surface area (Å²) in [5.74, 6) is 0. The number of hydrogen-bond acceptors (Lipinski definition) is 0. The van der Waals surface area contributed by atoms with Crippen LogP contribution in [0.3, 0.4) is 0 Å². The zero-order valence-corrected chi connectivity index (χ0v) is 29.3. The van der Waals surface area contributed by atoms with E-state index in [0.29, 0.717) is 41.8 Å². The molecule has 0 unspecified atom stereocenters. The summed E-state index contributed by atoms with van der Waals surface area (Å²) in [5, 5.41) is 0. The third-order valence-electron chi connectivity index (χ3n) is 7.14. The van der Waals surface area contributed by atoms with Crippen LogP contribution in [0.25, 0.3) is 0 Å². The summed E-state index contributed by atoms with van der Waals surface area (Å²) in [7, 11) is -5.53. The quantitative estimate of drug-likeness (QED) is 0.335. The molecule has 0 atom stereocenters. The zero-order chi connectivity index (χ0) is 19.2. The Morgan fingerprint density at radius 2 is 0.583 bits per heavy atom. The molecular formula is C16H44Si6Te2. The minimum absolute atomic E-state index is 0.300. The molecule has 8 heteroatoms. The molecule has 1 fully saturated rings. The van der Waals surface area contributed by atoms with Crippen LogP contribution in [0, 0.1) is 0 Å². The third-order valence-corrected chi connectivity index (χ3v) is 130. The second kappa shape index (κ2) is 7.95. The molecule has 144 valence electrons. The molecule has 24 heavy (non-hydrogen) atoms. The first-order chi connectivity index (χ1) is 10.4. The molecule has 0 nitrogen and oxygen atoms in total. The molecule has 1 saturated heterocycles. The van der Waals surface area contributed by atoms with Crippen LogP contribution in [-0.2, 0) is 0 Å². The molecule has 1 aliphatic heterocycles. The van der Waals surface area contributed by atoms with Crippen LogP contribution in [0.15, 0.2) is 0 Å². The van der Waals surface area contributed by atoms with Crippen LogP contribution in [0.4, 0.5) is 0 Å². The fourth-order valence-electron chi connectivity index (χ4n) is 4.86. The van der Waals surface area contributed by atoms with Gasteiger partial charge in [0.15, 0.2) is 0 Å². The van der Waals surface area contributed by atoms with E-state index in [4.69, 9.17) is 0 Å². The van der Waals surface area contributed by atoms with Crippen molar-refractivity contribution in [1.82, 2.24) is 0 Å². The summed E-state index contributed by atoms with van der Waals surface area (Å²) in [6, 6.07) is 0. The van der Waals surface area contributed by atoms with Crippen molar-refractivity contribution in [3.63, 3.8) is 0 Å². The summed E-state index contributed by atoms with van der Waals surface area (Å²) in [4.78, 5) is 0. The fraction of sp³-hybridized carbons (Fsp3) is 1.00. The van der Waals surface area contributed by atoms with Crippen molar-refractivity contribution in [2.45, 2.75) is 94.9 Å². The maximum absolute atomic E-state index is 2.79. The van der Waals surface area contributed by atoms with Gasteiger partial charge in [-0.2, -0.15) is 0 Å². The van der Waals surface area contributed by atoms with Gasteiger partial charge in [0.1, 0.15) is 0 Å². The van der Waals surface area contributed by atoms with Gasteiger partial charge in [0.2, 0.25) is 0 Å². The first-order valence-corrected chi connectivity index (χ1v) is 39.0. The van der Waals surface area contributed by atoms with Crippen LogP contribution >= 0.6 is 0 Å². The monoisotopic (exact) mass is 664 g/mol. The molecule has 1 rings (SSSR count). The molecule has 1 aliphatic rings. The summed E-state index contributed by atoms with van der Waals surface area (Å²) in [6.07, 6.45) is 0. The van der Waals surface area contributed by atoms with Crippen molar-refractivity contribution in [2.75, 3.05) is 0 Å². The van der Waals surface area contributed by atoms with Gasteiger partial charge in [0, 0.05) is 0 Å². The van der Waals surface area contributed by atoms with Gasteiger partial charge < -0.3 is 0 Å². The Labute approximate surface area is 179 Å². The second-order valence-corrected chi connectivity index (χ2v) is 80.3. The molecule has 1 heterocycles. The van der Waals surface area contributed by atoms with Gasteiger partial charge >= 0.3 is 181 Å². The van der Waals surface area contributed by atoms with Gasteiger partial charge in [-0.15, -0.1) is 0 Å². The third kappa shape index (κ3) is 4.71. The molecular weight excluding hydrogens is 616 g/mol. The average molecular weight is 660 g/mol. The fourth-order valence-corrected chi connectivity index (χ4v) is 213. The molecule has 0 bridgehead atoms. The van der Waals surface area contributed by atoms with Gasteiger partial charge in [-0.3, -0.25) is 0 Å². The van der Waals surface area contributed by atoms with Gasteiger partial charge in [-0.1, -0.05) is 0 Å². The predicted molar refractivity (Wildman–Crippen MR) is 136 cm³/mol. The Balaban J connectivity index is 3.24. The van der Waals surface area contributed by atoms with Crippen molar-refractivity contribution in [1.29, 1.82) is 0 Å². The molecule has 0 radical (unpaired) electrons. The number of rotatable bonds is 4. The van der Waals surface area contributed by atoms with E-state index >= 15 is 0 Å². The van der Waals surface area contributed by atoms with Crippen molar-refractivity contribution in [3.8, 4) is 0 Å². The molecule has 0 spiro atoms. The Kier molecular flexibility index (Phi) is 8.26. The van der Waals surface area contributed by atoms with Crippen LogP contribution in [0.5, 0.6) is 0 Å². The van der Waals surface area contributed by atoms with Gasteiger partial charge in [-0.05, 0) is 0 Å². The molecule has 0 N–H and O–H groups in total. The van der Waals surface area contributed by atoms with E-state index in [9.17, 15) is 0 Å². The van der Waals surface area contributed by atoms with Crippen molar-refractivity contribution < 1.29 is 0 Å². The average Bonchev–Trinajstić information content (AvgIpc) is 2.20. The molecule has 0 amide bonds. The van der Waals surface area contributed by atoms with Gasteiger partial charge in [0.25, 0.3) is 0 Å². The van der Waals surface area contributed by atoms with Gasteiger partial charge in [0.05, 0.1) is 0 Å². The minimum atomic E-state index is -0.931. The number of hydrogen-bond donors (Lipinski definition) is 0. The van der Waals surface area contributed by atoms with Gasteiger partial charge in [-0.25, -0.2) is 0 Å². The SMILES string of the molecule is C[Si](C)(C)[Si]1([Si](C)(C)C)C[Te]C[Si]([Si](C)(C)C)([Si](C)(C)C)C[Te]C1. The first-order valence-electron chi connectivity index (χ1n) is 9.57. The second-order valence-electron chi connectivity index (χ2n) is 12.1.